The van der Waals surface area contributed by atoms with Crippen LogP contribution in [0.3, 0.4) is 0 Å². The lowest BCUT2D eigenvalue weighted by Gasteiger charge is -2.29. The second-order valence-corrected chi connectivity index (χ2v) is 4.10. The van der Waals surface area contributed by atoms with Gasteiger partial charge < -0.3 is 0 Å². The maximum absolute atomic E-state index is 9.25. The quantitative estimate of drug-likeness (QED) is 0.622. The van der Waals surface area contributed by atoms with E-state index in [1.807, 2.05) is 17.3 Å². The highest BCUT2D eigenvalue weighted by atomic mass is 16.5. The fourth-order valence-corrected chi connectivity index (χ4v) is 1.07. The molecule has 0 unspecified atom stereocenters. The van der Waals surface area contributed by atoms with Gasteiger partial charge in [0.05, 0.1) is 6.54 Å². The Bertz CT molecular complexity index is 160. The lowest BCUT2D eigenvalue weighted by atomic mass is 9.97. The first kappa shape index (κ1) is 8.56. The van der Waals surface area contributed by atoms with Crippen molar-refractivity contribution in [2.24, 2.45) is 5.41 Å². The van der Waals surface area contributed by atoms with Crippen molar-refractivity contribution >= 4 is 0 Å². The highest BCUT2D eigenvalue weighted by molar-refractivity contribution is 4.89. The zero-order valence-corrected chi connectivity index (χ0v) is 7.41. The van der Waals surface area contributed by atoms with Gasteiger partial charge in [-0.2, -0.15) is 0 Å². The van der Waals surface area contributed by atoms with Crippen LogP contribution in [0, 0.1) is 5.41 Å². The largest absolute Gasteiger partial charge is 0.294 e. The van der Waals surface area contributed by atoms with Crippen LogP contribution in [-0.4, -0.2) is 28.5 Å². The van der Waals surface area contributed by atoms with E-state index < -0.39 is 0 Å². The van der Waals surface area contributed by atoms with Gasteiger partial charge in [0.25, 0.3) is 0 Å². The maximum Gasteiger partial charge on any atom is 0.0650 e. The second-order valence-electron chi connectivity index (χ2n) is 4.10. The Labute approximate surface area is 67.8 Å². The van der Waals surface area contributed by atoms with Gasteiger partial charge >= 0.3 is 0 Å². The third-order valence-electron chi connectivity index (χ3n) is 1.48. The first-order valence-corrected chi connectivity index (χ1v) is 3.89. The summed E-state index contributed by atoms with van der Waals surface area (Å²) in [5.41, 5.74) is 0.218. The van der Waals surface area contributed by atoms with E-state index in [2.05, 4.69) is 20.8 Å². The van der Waals surface area contributed by atoms with Gasteiger partial charge in [-0.05, 0) is 11.5 Å². The molecule has 11 heavy (non-hydrogen) atoms. The van der Waals surface area contributed by atoms with E-state index in [-0.39, 0.29) is 5.41 Å². The average molecular weight is 156 g/mol. The maximum atomic E-state index is 9.25. The van der Waals surface area contributed by atoms with Crippen molar-refractivity contribution < 1.29 is 5.21 Å². The molecule has 0 spiro atoms. The van der Waals surface area contributed by atoms with Crippen LogP contribution in [0.1, 0.15) is 20.8 Å². The zero-order chi connectivity index (χ0) is 8.48. The summed E-state index contributed by atoms with van der Waals surface area (Å²) in [5, 5.41) is 12.3. The molecule has 0 aromatic carbocycles. The number of hydrazine groups is 1. The molecule has 0 amide bonds. The Morgan fingerprint density at radius 2 is 2.09 bits per heavy atom. The van der Waals surface area contributed by atoms with Crippen molar-refractivity contribution in [2.45, 2.75) is 20.8 Å². The molecule has 0 saturated carbocycles. The molecule has 3 nitrogen and oxygen atoms in total. The van der Waals surface area contributed by atoms with Gasteiger partial charge in [0.1, 0.15) is 0 Å². The summed E-state index contributed by atoms with van der Waals surface area (Å²) >= 11 is 0. The van der Waals surface area contributed by atoms with E-state index in [9.17, 15) is 5.21 Å². The number of hydrogen-bond donors (Lipinski definition) is 1. The Kier molecular flexibility index (Phi) is 2.20. The summed E-state index contributed by atoms with van der Waals surface area (Å²) in [5.74, 6) is 0. The zero-order valence-electron chi connectivity index (χ0n) is 7.41. The molecule has 0 aliphatic carbocycles. The monoisotopic (exact) mass is 156 g/mol. The number of nitrogens with zero attached hydrogens (tertiary/aromatic N) is 2. The van der Waals surface area contributed by atoms with E-state index in [0.717, 1.165) is 6.54 Å². The van der Waals surface area contributed by atoms with E-state index >= 15 is 0 Å². The second kappa shape index (κ2) is 2.83. The molecule has 0 radical (unpaired) electrons. The van der Waals surface area contributed by atoms with Gasteiger partial charge in [-0.1, -0.05) is 25.9 Å². The lowest BCUT2D eigenvalue weighted by Crippen LogP contribution is -2.37. The highest BCUT2D eigenvalue weighted by Crippen LogP contribution is 2.17. The molecular weight excluding hydrogens is 140 g/mol. The Morgan fingerprint density at radius 1 is 1.45 bits per heavy atom. The minimum absolute atomic E-state index is 0.218. The topological polar surface area (TPSA) is 26.7 Å². The molecule has 1 N–H and O–H groups in total. The van der Waals surface area contributed by atoms with Crippen molar-refractivity contribution in [3.63, 3.8) is 0 Å². The third-order valence-corrected chi connectivity index (χ3v) is 1.48. The molecule has 1 aliphatic heterocycles. The summed E-state index contributed by atoms with van der Waals surface area (Å²) in [6, 6.07) is 0. The average Bonchev–Trinajstić information content (AvgIpc) is 2.12. The molecule has 0 saturated heterocycles. The summed E-state index contributed by atoms with van der Waals surface area (Å²) in [7, 11) is 0. The molecule has 1 aliphatic rings. The first-order chi connectivity index (χ1) is 4.99. The number of hydrogen-bond acceptors (Lipinski definition) is 3. The van der Waals surface area contributed by atoms with Crippen LogP contribution in [0.5, 0.6) is 0 Å². The molecule has 1 rings (SSSR count). The smallest absolute Gasteiger partial charge is 0.0650 e. The minimum atomic E-state index is 0.218. The van der Waals surface area contributed by atoms with Gasteiger partial charge in [0.15, 0.2) is 0 Å². The molecule has 0 fully saturated rings. The Hall–Kier alpha value is -0.540. The molecule has 0 atom stereocenters. The van der Waals surface area contributed by atoms with Crippen molar-refractivity contribution in [1.29, 1.82) is 0 Å². The van der Waals surface area contributed by atoms with Crippen molar-refractivity contribution in [2.75, 3.05) is 13.1 Å². The van der Waals surface area contributed by atoms with Gasteiger partial charge in [0, 0.05) is 12.7 Å². The third kappa shape index (κ3) is 2.52. The Morgan fingerprint density at radius 3 is 2.45 bits per heavy atom. The molecule has 0 bridgehead atoms. The van der Waals surface area contributed by atoms with E-state index in [0.29, 0.717) is 6.54 Å². The Balaban J connectivity index is 2.43. The summed E-state index contributed by atoms with van der Waals surface area (Å²) < 4.78 is 0. The molecule has 0 aromatic rings. The lowest BCUT2D eigenvalue weighted by molar-refractivity contribution is -0.213. The normalized spacial score (nSPS) is 19.8. The van der Waals surface area contributed by atoms with Crippen LogP contribution in [0.2, 0.25) is 0 Å². The molecular formula is C8H16N2O. The minimum Gasteiger partial charge on any atom is -0.294 e. The van der Waals surface area contributed by atoms with Crippen molar-refractivity contribution in [3.8, 4) is 0 Å². The van der Waals surface area contributed by atoms with Crippen molar-refractivity contribution in [1.82, 2.24) is 10.2 Å². The van der Waals surface area contributed by atoms with Crippen molar-refractivity contribution in [3.05, 3.63) is 12.3 Å². The fraction of sp³-hybridized carbons (Fsp3) is 0.750. The van der Waals surface area contributed by atoms with Crippen LogP contribution in [0.25, 0.3) is 0 Å². The van der Waals surface area contributed by atoms with Gasteiger partial charge in [-0.25, -0.2) is 0 Å². The molecule has 64 valence electrons. The van der Waals surface area contributed by atoms with Crippen LogP contribution >= 0.6 is 0 Å². The predicted molar refractivity (Wildman–Crippen MR) is 43.8 cm³/mol. The summed E-state index contributed by atoms with van der Waals surface area (Å²) in [6.45, 7) is 7.89. The van der Waals surface area contributed by atoms with Gasteiger partial charge in [-0.15, -0.1) is 0 Å². The van der Waals surface area contributed by atoms with E-state index in [1.54, 1.807) is 0 Å². The predicted octanol–water partition coefficient (Wildman–Crippen LogP) is 1.47. The van der Waals surface area contributed by atoms with E-state index in [1.165, 1.54) is 5.17 Å². The van der Waals surface area contributed by atoms with Crippen LogP contribution in [0.4, 0.5) is 0 Å². The number of rotatable bonds is 1. The van der Waals surface area contributed by atoms with Crippen LogP contribution in [0.15, 0.2) is 12.3 Å². The first-order valence-electron chi connectivity index (χ1n) is 3.89. The summed E-state index contributed by atoms with van der Waals surface area (Å²) in [6.07, 6.45) is 3.84. The fourth-order valence-electron chi connectivity index (χ4n) is 1.07. The van der Waals surface area contributed by atoms with Crippen LogP contribution < -0.4 is 0 Å². The van der Waals surface area contributed by atoms with Crippen LogP contribution in [-0.2, 0) is 0 Å². The highest BCUT2D eigenvalue weighted by Gasteiger charge is 2.20. The molecule has 0 aromatic heterocycles. The molecule has 3 heteroatoms. The van der Waals surface area contributed by atoms with Gasteiger partial charge in [0.2, 0.25) is 0 Å². The SMILES string of the molecule is CC(C)(C)CN1C=CCN1O. The summed E-state index contributed by atoms with van der Waals surface area (Å²) in [4.78, 5) is 0. The van der Waals surface area contributed by atoms with Gasteiger partial charge in [-0.3, -0.25) is 10.2 Å². The standard InChI is InChI=1S/C8H16N2O/c1-8(2,3)7-9-5-4-6-10(9)11/h4-5,11H,6-7H2,1-3H3. The number of hydroxylamine groups is 1. The van der Waals surface area contributed by atoms with E-state index in [4.69, 9.17) is 0 Å². The molecule has 1 heterocycles.